The van der Waals surface area contributed by atoms with Gasteiger partial charge in [0.2, 0.25) is 17.7 Å². The van der Waals surface area contributed by atoms with Gasteiger partial charge in [-0.05, 0) is 46.5 Å². The molecule has 5 rings (SSSR count). The first kappa shape index (κ1) is 27.4. The van der Waals surface area contributed by atoms with E-state index in [9.17, 15) is 42.4 Å². The minimum atomic E-state index is -4.60. The summed E-state index contributed by atoms with van der Waals surface area (Å²) in [5.41, 5.74) is 2.01. The van der Waals surface area contributed by atoms with Crippen LogP contribution in [-0.4, -0.2) is 63.4 Å². The molecule has 14 nitrogen and oxygen atoms in total. The third-order valence-corrected chi connectivity index (χ3v) is 7.35. The van der Waals surface area contributed by atoms with Crippen LogP contribution in [0.3, 0.4) is 0 Å². The summed E-state index contributed by atoms with van der Waals surface area (Å²) < 4.78 is 39.0. The van der Waals surface area contributed by atoms with E-state index in [2.05, 4.69) is 0 Å². The van der Waals surface area contributed by atoms with Crippen LogP contribution in [-0.2, 0) is 29.2 Å². The summed E-state index contributed by atoms with van der Waals surface area (Å²) in [6, 6.07) is 10.6. The molecule has 2 aliphatic rings. The van der Waals surface area contributed by atoms with Crippen LogP contribution in [0.5, 0.6) is 11.8 Å². The Bertz CT molecular complexity index is 1720. The number of ether oxygens (including phenoxy) is 1. The molecule has 0 bridgehead atoms. The number of carbonyl (C=O) groups is 4. The van der Waals surface area contributed by atoms with E-state index in [1.165, 1.54) is 30.3 Å². The molecular weight excluding hydrogens is 562 g/mol. The highest BCUT2D eigenvalue weighted by molar-refractivity contribution is 7.85. The number of imide groups is 1. The topological polar surface area (TPSA) is 193 Å². The van der Waals surface area contributed by atoms with Crippen molar-refractivity contribution in [2.45, 2.75) is 24.2 Å². The van der Waals surface area contributed by atoms with E-state index in [4.69, 9.17) is 9.57 Å². The van der Waals surface area contributed by atoms with Gasteiger partial charge in [0.05, 0.1) is 10.6 Å². The molecular formula is C26H21N3O11S. The van der Waals surface area contributed by atoms with Crippen molar-refractivity contribution >= 4 is 39.7 Å². The summed E-state index contributed by atoms with van der Waals surface area (Å²) in [5, 5.41) is 21.0. The van der Waals surface area contributed by atoms with Crippen molar-refractivity contribution < 1.29 is 51.9 Å². The second-order valence-electron chi connectivity index (χ2n) is 8.93. The lowest BCUT2D eigenvalue weighted by Crippen LogP contribution is -2.50. The standard InChI is InChI=1S/C26H21N3O11S/c1-2-21(30)27(28-22(31)7-8-23(28)32)14-3-5-16-17-6-4-15(41(36,37)38)12-19(17)20(18(16)11-14)13-39-26(35)40-29-24(33)9-10-25(29)34/h3-12,20,33-34H,2,13H2,1H3,(H,36,37,38). The van der Waals surface area contributed by atoms with Crippen LogP contribution < -0.4 is 9.85 Å². The number of hydrogen-bond acceptors (Lipinski definition) is 10. The number of rotatable bonds is 7. The summed E-state index contributed by atoms with van der Waals surface area (Å²) in [5.74, 6) is -4.06. The van der Waals surface area contributed by atoms with E-state index in [0.717, 1.165) is 29.3 Å². The van der Waals surface area contributed by atoms with Crippen LogP contribution in [0.2, 0.25) is 0 Å². The van der Waals surface area contributed by atoms with Crippen molar-refractivity contribution in [1.82, 2.24) is 9.74 Å². The van der Waals surface area contributed by atoms with Gasteiger partial charge in [-0.15, -0.1) is 4.73 Å². The summed E-state index contributed by atoms with van der Waals surface area (Å²) in [4.78, 5) is 54.5. The maximum atomic E-state index is 12.9. The fourth-order valence-electron chi connectivity index (χ4n) is 4.66. The minimum absolute atomic E-state index is 0.0520. The summed E-state index contributed by atoms with van der Waals surface area (Å²) in [6.07, 6.45) is 0.678. The van der Waals surface area contributed by atoms with Crippen LogP contribution in [0.4, 0.5) is 10.5 Å². The molecule has 1 aliphatic carbocycles. The van der Waals surface area contributed by atoms with Gasteiger partial charge in [-0.1, -0.05) is 19.1 Å². The molecule has 2 heterocycles. The van der Waals surface area contributed by atoms with E-state index < -0.39 is 63.2 Å². The van der Waals surface area contributed by atoms with Crippen molar-refractivity contribution in [2.24, 2.45) is 0 Å². The van der Waals surface area contributed by atoms with Crippen LogP contribution in [0.25, 0.3) is 11.1 Å². The number of benzene rings is 2. The molecule has 0 spiro atoms. The normalized spacial score (nSPS) is 15.6. The van der Waals surface area contributed by atoms with E-state index in [1.54, 1.807) is 13.0 Å². The summed E-state index contributed by atoms with van der Waals surface area (Å²) >= 11 is 0. The number of nitrogens with zero attached hydrogens (tertiary/aromatic N) is 3. The Morgan fingerprint density at radius 3 is 2.10 bits per heavy atom. The van der Waals surface area contributed by atoms with Crippen LogP contribution >= 0.6 is 0 Å². The van der Waals surface area contributed by atoms with Crippen molar-refractivity contribution in [3.05, 3.63) is 71.8 Å². The number of amides is 3. The van der Waals surface area contributed by atoms with Crippen LogP contribution in [0.15, 0.2) is 65.6 Å². The highest BCUT2D eigenvalue weighted by Gasteiger charge is 2.36. The average molecular weight is 584 g/mol. The SMILES string of the molecule is CCC(=O)N(c1ccc2c(c1)C(COC(=O)On1c(O)ccc1O)c1cc(S(=O)(=O)O)ccc1-2)N1C(=O)C=CC1=O. The number of anilines is 1. The summed E-state index contributed by atoms with van der Waals surface area (Å²) in [7, 11) is -4.60. The molecule has 1 atom stereocenters. The van der Waals surface area contributed by atoms with Crippen LogP contribution in [0.1, 0.15) is 30.4 Å². The maximum Gasteiger partial charge on any atom is 0.534 e. The molecule has 15 heteroatoms. The minimum Gasteiger partial charge on any atom is -0.492 e. The molecule has 1 aromatic heterocycles. The molecule has 1 unspecified atom stereocenters. The molecule has 41 heavy (non-hydrogen) atoms. The van der Waals surface area contributed by atoms with Gasteiger partial charge >= 0.3 is 6.16 Å². The van der Waals surface area contributed by atoms with E-state index in [-0.39, 0.29) is 12.1 Å². The van der Waals surface area contributed by atoms with E-state index >= 15 is 0 Å². The lowest BCUT2D eigenvalue weighted by molar-refractivity contribution is -0.142. The van der Waals surface area contributed by atoms with Gasteiger partial charge < -0.3 is 14.9 Å². The highest BCUT2D eigenvalue weighted by Crippen LogP contribution is 2.47. The van der Waals surface area contributed by atoms with Gasteiger partial charge in [0, 0.05) is 36.6 Å². The molecule has 0 saturated heterocycles. The predicted octanol–water partition coefficient (Wildman–Crippen LogP) is 2.11. The van der Waals surface area contributed by atoms with Crippen molar-refractivity contribution in [3.63, 3.8) is 0 Å². The highest BCUT2D eigenvalue weighted by atomic mass is 32.2. The Kier molecular flexibility index (Phi) is 6.76. The molecule has 212 valence electrons. The molecule has 1 aliphatic heterocycles. The number of fused-ring (bicyclic) bond motifs is 3. The Morgan fingerprint density at radius 1 is 0.927 bits per heavy atom. The third kappa shape index (κ3) is 4.87. The van der Waals surface area contributed by atoms with Crippen molar-refractivity contribution in [2.75, 3.05) is 11.6 Å². The Morgan fingerprint density at radius 2 is 1.51 bits per heavy atom. The van der Waals surface area contributed by atoms with E-state index in [1.807, 2.05) is 0 Å². The smallest absolute Gasteiger partial charge is 0.492 e. The first-order chi connectivity index (χ1) is 19.4. The Hall–Kier alpha value is -5.15. The Labute approximate surface area is 231 Å². The molecule has 2 aromatic carbocycles. The van der Waals surface area contributed by atoms with Gasteiger partial charge in [0.15, 0.2) is 0 Å². The largest absolute Gasteiger partial charge is 0.534 e. The van der Waals surface area contributed by atoms with Crippen molar-refractivity contribution in [1.29, 1.82) is 0 Å². The monoisotopic (exact) mass is 583 g/mol. The van der Waals surface area contributed by atoms with Gasteiger partial charge in [-0.3, -0.25) is 23.8 Å². The van der Waals surface area contributed by atoms with Gasteiger partial charge in [-0.2, -0.15) is 13.4 Å². The van der Waals surface area contributed by atoms with Gasteiger partial charge in [-0.25, -0.2) is 9.80 Å². The quantitative estimate of drug-likeness (QED) is 0.210. The molecule has 3 aromatic rings. The zero-order chi connectivity index (χ0) is 29.6. The predicted molar refractivity (Wildman–Crippen MR) is 138 cm³/mol. The molecule has 0 saturated carbocycles. The lowest BCUT2D eigenvalue weighted by atomic mass is 9.97. The fraction of sp³-hybridized carbons (Fsp3) is 0.154. The number of carbonyl (C=O) groups excluding carboxylic acids is 4. The average Bonchev–Trinajstić information content (AvgIpc) is 3.55. The zero-order valence-electron chi connectivity index (χ0n) is 21.1. The summed E-state index contributed by atoms with van der Waals surface area (Å²) in [6.45, 7) is 1.10. The number of aromatic nitrogens is 1. The zero-order valence-corrected chi connectivity index (χ0v) is 21.9. The van der Waals surface area contributed by atoms with Gasteiger partial charge in [0.1, 0.15) is 6.61 Å². The number of hydrazine groups is 1. The second kappa shape index (κ2) is 10.1. The van der Waals surface area contributed by atoms with Gasteiger partial charge in [0.25, 0.3) is 21.9 Å². The Balaban J connectivity index is 1.54. The molecule has 3 N–H and O–H groups in total. The van der Waals surface area contributed by atoms with Crippen LogP contribution in [0, 0.1) is 0 Å². The number of hydrogen-bond donors (Lipinski definition) is 3. The first-order valence-corrected chi connectivity index (χ1v) is 13.4. The third-order valence-electron chi connectivity index (χ3n) is 6.50. The number of aromatic hydroxyl groups is 2. The molecule has 3 amide bonds. The second-order valence-corrected chi connectivity index (χ2v) is 10.3. The fourth-order valence-corrected chi connectivity index (χ4v) is 5.17. The molecule has 0 radical (unpaired) electrons. The maximum absolute atomic E-state index is 12.9. The van der Waals surface area contributed by atoms with E-state index in [0.29, 0.717) is 32.0 Å². The molecule has 0 fully saturated rings. The lowest BCUT2D eigenvalue weighted by Gasteiger charge is -2.30. The van der Waals surface area contributed by atoms with Crippen molar-refractivity contribution in [3.8, 4) is 22.9 Å². The first-order valence-electron chi connectivity index (χ1n) is 12.0.